The SMILES string of the molecule is Cc1cc(N2CCc3sccc3C2)cc(C)c1[N+](=O)[O-]. The molecule has 1 aliphatic rings. The zero-order valence-corrected chi connectivity index (χ0v) is 12.4. The van der Waals surface area contributed by atoms with E-state index in [4.69, 9.17) is 0 Å². The summed E-state index contributed by atoms with van der Waals surface area (Å²) in [5.41, 5.74) is 4.18. The van der Waals surface area contributed by atoms with Gasteiger partial charge in [0.2, 0.25) is 0 Å². The van der Waals surface area contributed by atoms with Gasteiger partial charge >= 0.3 is 0 Å². The smallest absolute Gasteiger partial charge is 0.275 e. The Kier molecular flexibility index (Phi) is 3.22. The lowest BCUT2D eigenvalue weighted by atomic mass is 10.0. The van der Waals surface area contributed by atoms with Gasteiger partial charge in [0, 0.05) is 34.8 Å². The van der Waals surface area contributed by atoms with Crippen LogP contribution in [-0.2, 0) is 13.0 Å². The third-order valence-electron chi connectivity index (χ3n) is 3.83. The number of hydrogen-bond donors (Lipinski definition) is 0. The van der Waals surface area contributed by atoms with E-state index in [-0.39, 0.29) is 10.6 Å². The van der Waals surface area contributed by atoms with E-state index < -0.39 is 0 Å². The van der Waals surface area contributed by atoms with Crippen LogP contribution in [0.25, 0.3) is 0 Å². The minimum absolute atomic E-state index is 0.238. The van der Waals surface area contributed by atoms with Gasteiger partial charge in [0.05, 0.1) is 4.92 Å². The van der Waals surface area contributed by atoms with Crippen molar-refractivity contribution < 1.29 is 4.92 Å². The molecule has 0 bridgehead atoms. The monoisotopic (exact) mass is 288 g/mol. The highest BCUT2D eigenvalue weighted by Crippen LogP contribution is 2.32. The number of fused-ring (bicyclic) bond motifs is 1. The number of nitro groups is 1. The van der Waals surface area contributed by atoms with Crippen LogP contribution in [0.1, 0.15) is 21.6 Å². The van der Waals surface area contributed by atoms with E-state index in [1.807, 2.05) is 37.3 Å². The molecule has 0 atom stereocenters. The van der Waals surface area contributed by atoms with Crippen molar-refractivity contribution in [1.82, 2.24) is 0 Å². The number of benzene rings is 1. The molecule has 20 heavy (non-hydrogen) atoms. The normalized spacial score (nSPS) is 14.2. The molecule has 0 N–H and O–H groups in total. The highest BCUT2D eigenvalue weighted by molar-refractivity contribution is 7.10. The Morgan fingerprint density at radius 1 is 1.30 bits per heavy atom. The van der Waals surface area contributed by atoms with Crippen molar-refractivity contribution in [2.45, 2.75) is 26.8 Å². The summed E-state index contributed by atoms with van der Waals surface area (Å²) in [6.45, 7) is 5.50. The molecule has 0 unspecified atom stereocenters. The van der Waals surface area contributed by atoms with E-state index >= 15 is 0 Å². The average Bonchev–Trinajstić information content (AvgIpc) is 2.84. The first-order chi connectivity index (χ1) is 9.56. The molecule has 0 radical (unpaired) electrons. The molecule has 5 heteroatoms. The first-order valence-corrected chi connectivity index (χ1v) is 7.50. The molecular weight excluding hydrogens is 272 g/mol. The molecule has 1 aromatic heterocycles. The van der Waals surface area contributed by atoms with E-state index in [2.05, 4.69) is 16.3 Å². The topological polar surface area (TPSA) is 46.4 Å². The summed E-state index contributed by atoms with van der Waals surface area (Å²) in [6, 6.07) is 6.04. The number of nitro benzene ring substituents is 1. The molecule has 2 heterocycles. The highest BCUT2D eigenvalue weighted by Gasteiger charge is 2.21. The van der Waals surface area contributed by atoms with Gasteiger partial charge in [-0.25, -0.2) is 0 Å². The van der Waals surface area contributed by atoms with Gasteiger partial charge in [-0.2, -0.15) is 0 Å². The van der Waals surface area contributed by atoms with Crippen molar-refractivity contribution in [3.05, 3.63) is 55.3 Å². The number of aryl methyl sites for hydroxylation is 2. The summed E-state index contributed by atoms with van der Waals surface area (Å²) in [7, 11) is 0. The molecule has 2 aromatic rings. The maximum atomic E-state index is 11.1. The first-order valence-electron chi connectivity index (χ1n) is 6.62. The lowest BCUT2D eigenvalue weighted by Gasteiger charge is -2.29. The lowest BCUT2D eigenvalue weighted by Crippen LogP contribution is -2.29. The summed E-state index contributed by atoms with van der Waals surface area (Å²) in [5, 5.41) is 13.2. The quantitative estimate of drug-likeness (QED) is 0.623. The van der Waals surface area contributed by atoms with Crippen molar-refractivity contribution in [2.24, 2.45) is 0 Å². The van der Waals surface area contributed by atoms with E-state index in [1.54, 1.807) is 0 Å². The van der Waals surface area contributed by atoms with E-state index in [0.29, 0.717) is 0 Å². The van der Waals surface area contributed by atoms with Crippen molar-refractivity contribution in [2.75, 3.05) is 11.4 Å². The van der Waals surface area contributed by atoms with Crippen LogP contribution in [0.2, 0.25) is 0 Å². The van der Waals surface area contributed by atoms with Crippen LogP contribution in [0.3, 0.4) is 0 Å². The molecular formula is C15H16N2O2S. The average molecular weight is 288 g/mol. The fraction of sp³-hybridized carbons (Fsp3) is 0.333. The maximum absolute atomic E-state index is 11.1. The van der Waals surface area contributed by atoms with Crippen LogP contribution in [0.15, 0.2) is 23.6 Å². The Morgan fingerprint density at radius 2 is 2.00 bits per heavy atom. The summed E-state index contributed by atoms with van der Waals surface area (Å²) in [5.74, 6) is 0. The number of nitrogens with zero attached hydrogens (tertiary/aromatic N) is 2. The number of thiophene rings is 1. The Labute approximate surface area is 121 Å². The molecule has 104 valence electrons. The fourth-order valence-corrected chi connectivity index (χ4v) is 3.76. The molecule has 4 nitrogen and oxygen atoms in total. The van der Waals surface area contributed by atoms with Gasteiger partial charge in [-0.1, -0.05) is 0 Å². The van der Waals surface area contributed by atoms with Gasteiger partial charge < -0.3 is 4.90 Å². The summed E-state index contributed by atoms with van der Waals surface area (Å²) in [6.07, 6.45) is 1.06. The van der Waals surface area contributed by atoms with E-state index in [1.165, 1.54) is 10.4 Å². The van der Waals surface area contributed by atoms with Gasteiger partial charge in [-0.05, 0) is 49.4 Å². The van der Waals surface area contributed by atoms with E-state index in [0.717, 1.165) is 36.3 Å². The molecule has 1 aliphatic heterocycles. The van der Waals surface area contributed by atoms with E-state index in [9.17, 15) is 10.1 Å². The second-order valence-electron chi connectivity index (χ2n) is 5.23. The summed E-state index contributed by atoms with van der Waals surface area (Å²) >= 11 is 1.82. The molecule has 0 aliphatic carbocycles. The Morgan fingerprint density at radius 3 is 2.65 bits per heavy atom. The fourth-order valence-electron chi connectivity index (χ4n) is 2.87. The second-order valence-corrected chi connectivity index (χ2v) is 6.23. The van der Waals surface area contributed by atoms with Crippen LogP contribution in [0, 0.1) is 24.0 Å². The van der Waals surface area contributed by atoms with Crippen molar-refractivity contribution in [3.8, 4) is 0 Å². The van der Waals surface area contributed by atoms with Gasteiger partial charge in [-0.3, -0.25) is 10.1 Å². The zero-order chi connectivity index (χ0) is 14.3. The standard InChI is InChI=1S/C15H16N2O2S/c1-10-7-13(8-11(2)15(10)17(18)19)16-5-3-14-12(9-16)4-6-20-14/h4,6-8H,3,5,9H2,1-2H3. The van der Waals surface area contributed by atoms with Gasteiger partial charge in [-0.15, -0.1) is 11.3 Å². The van der Waals surface area contributed by atoms with Gasteiger partial charge in [0.1, 0.15) is 0 Å². The van der Waals surface area contributed by atoms with Crippen molar-refractivity contribution in [3.63, 3.8) is 0 Å². The summed E-state index contributed by atoms with van der Waals surface area (Å²) < 4.78 is 0. The van der Waals surface area contributed by atoms with Crippen LogP contribution in [0.5, 0.6) is 0 Å². The first kappa shape index (κ1) is 13.1. The largest absolute Gasteiger partial charge is 0.367 e. The Bertz CT molecular complexity index is 655. The van der Waals surface area contributed by atoms with Crippen molar-refractivity contribution in [1.29, 1.82) is 0 Å². The van der Waals surface area contributed by atoms with Crippen molar-refractivity contribution >= 4 is 22.7 Å². The molecule has 0 amide bonds. The molecule has 0 spiro atoms. The number of anilines is 1. The predicted molar refractivity (Wildman–Crippen MR) is 81.6 cm³/mol. The van der Waals surface area contributed by atoms with Crippen LogP contribution in [-0.4, -0.2) is 11.5 Å². The Hall–Kier alpha value is -1.88. The third-order valence-corrected chi connectivity index (χ3v) is 4.85. The number of hydrogen-bond acceptors (Lipinski definition) is 4. The molecule has 1 aromatic carbocycles. The lowest BCUT2D eigenvalue weighted by molar-refractivity contribution is -0.386. The van der Waals surface area contributed by atoms with Gasteiger partial charge in [0.15, 0.2) is 0 Å². The second kappa shape index (κ2) is 4.90. The molecule has 0 saturated carbocycles. The Balaban J connectivity index is 1.94. The van der Waals surface area contributed by atoms with Crippen LogP contribution >= 0.6 is 11.3 Å². The molecule has 3 rings (SSSR count). The van der Waals surface area contributed by atoms with Crippen LogP contribution in [0.4, 0.5) is 11.4 Å². The minimum Gasteiger partial charge on any atom is -0.367 e. The highest BCUT2D eigenvalue weighted by atomic mass is 32.1. The maximum Gasteiger partial charge on any atom is 0.275 e. The zero-order valence-electron chi connectivity index (χ0n) is 11.5. The van der Waals surface area contributed by atoms with Crippen LogP contribution < -0.4 is 4.90 Å². The molecule has 0 saturated heterocycles. The predicted octanol–water partition coefficient (Wildman–Crippen LogP) is 3.84. The number of rotatable bonds is 2. The minimum atomic E-state index is -0.290. The van der Waals surface area contributed by atoms with Gasteiger partial charge in [0.25, 0.3) is 5.69 Å². The summed E-state index contributed by atoms with van der Waals surface area (Å²) in [4.78, 5) is 14.5. The molecule has 0 fully saturated rings. The third kappa shape index (κ3) is 2.18.